The molecular weight excluding hydrogens is 1070 g/mol. The Balaban J connectivity index is 0.00000104. The minimum Gasteiger partial charge on any atom is -0.798 e. The van der Waals surface area contributed by atoms with Crippen LogP contribution in [0.1, 0.15) is 120 Å². The number of nitrogens with two attached hydrogens (primary N) is 3. The second-order valence-corrected chi connectivity index (χ2v) is 26.7. The van der Waals surface area contributed by atoms with E-state index in [0.717, 1.165) is 51.0 Å². The number of hydrogen-bond donors (Lipinski definition) is 5. The summed E-state index contributed by atoms with van der Waals surface area (Å²) in [5, 5.41) is 9.35. The summed E-state index contributed by atoms with van der Waals surface area (Å²) in [6, 6.07) is 4.50. The third kappa shape index (κ3) is 34.3. The Hall–Kier alpha value is -2.63. The smallest absolute Gasteiger partial charge is 0.798 e. The Morgan fingerprint density at radius 3 is 1.56 bits per heavy atom. The zero-order chi connectivity index (χ0) is 56.0. The van der Waals surface area contributed by atoms with Gasteiger partial charge in [0.1, 0.15) is 42.4 Å². The molecule has 3 aromatic heterocycles. The first-order valence-corrected chi connectivity index (χ1v) is 31.5. The van der Waals surface area contributed by atoms with Crippen LogP contribution in [0, 0.1) is 17.8 Å². The number of aliphatic hydroxyl groups is 1. The van der Waals surface area contributed by atoms with Crippen LogP contribution in [0.3, 0.4) is 0 Å². The molecule has 5 heterocycles. The van der Waals surface area contributed by atoms with E-state index < -0.39 is 64.6 Å². The van der Waals surface area contributed by atoms with Gasteiger partial charge in [0.25, 0.3) is 0 Å². The second-order valence-electron chi connectivity index (χ2n) is 20.0. The minimum absolute atomic E-state index is 0. The van der Waals surface area contributed by atoms with E-state index in [-0.39, 0.29) is 106 Å². The van der Waals surface area contributed by atoms with E-state index in [9.17, 15) is 38.1 Å². The molecule has 6 atom stereocenters. The molecule has 0 saturated carbocycles. The fraction of sp³-hybridized carbons (Fsp3) is 0.755. The van der Waals surface area contributed by atoms with Crippen molar-refractivity contribution in [3.63, 3.8) is 0 Å². The molecule has 2 aliphatic heterocycles. The fourth-order valence-corrected chi connectivity index (χ4v) is 11.2. The topological polar surface area (TPSA) is 353 Å². The molecule has 0 amide bonds. The zero-order valence-electron chi connectivity index (χ0n) is 46.2. The van der Waals surface area contributed by atoms with Crippen LogP contribution in [-0.2, 0) is 61.3 Å². The summed E-state index contributed by atoms with van der Waals surface area (Å²) in [6.07, 6.45) is 14.7. The van der Waals surface area contributed by atoms with Crippen molar-refractivity contribution >= 4 is 39.8 Å². The Morgan fingerprint density at radius 2 is 1.16 bits per heavy atom. The predicted octanol–water partition coefficient (Wildman–Crippen LogP) is 3.19. The molecule has 24 nitrogen and oxygen atoms in total. The number of rotatable bonds is 27. The number of aromatic nitrogens is 6. The third-order valence-electron chi connectivity index (χ3n) is 11.5. The first-order valence-electron chi connectivity index (χ1n) is 25.8. The van der Waals surface area contributed by atoms with E-state index in [1.54, 1.807) is 19.4 Å². The van der Waals surface area contributed by atoms with Crippen LogP contribution in [-0.4, -0.2) is 122 Å². The van der Waals surface area contributed by atoms with E-state index >= 15 is 0 Å². The van der Waals surface area contributed by atoms with E-state index in [4.69, 9.17) is 50.1 Å². The van der Waals surface area contributed by atoms with Gasteiger partial charge in [0.2, 0.25) is 7.37 Å². The van der Waals surface area contributed by atoms with Crippen molar-refractivity contribution in [2.45, 2.75) is 158 Å². The molecule has 5 rings (SSSR count). The van der Waals surface area contributed by atoms with Gasteiger partial charge in [-0.15, -0.1) is 0 Å². The first-order chi connectivity index (χ1) is 35.3. The van der Waals surface area contributed by atoms with Crippen LogP contribution in [0.2, 0.25) is 0 Å². The summed E-state index contributed by atoms with van der Waals surface area (Å²) < 4.78 is 71.0. The molecule has 3 aromatic rings. The quantitative estimate of drug-likeness (QED) is 0.0416. The van der Waals surface area contributed by atoms with Gasteiger partial charge < -0.3 is 64.7 Å². The van der Waals surface area contributed by atoms with Crippen molar-refractivity contribution in [2.75, 3.05) is 82.1 Å². The van der Waals surface area contributed by atoms with E-state index in [1.807, 2.05) is 0 Å². The molecule has 2 saturated heterocycles. The normalized spacial score (nSPS) is 20.2. The second kappa shape index (κ2) is 39.7. The summed E-state index contributed by atoms with van der Waals surface area (Å²) in [6.45, 7) is 14.5. The number of nitrogen functional groups attached to an aromatic ring is 3. The van der Waals surface area contributed by atoms with Gasteiger partial charge in [0.05, 0.1) is 51.9 Å². The average Bonchev–Trinajstić information content (AvgIpc) is 3.33. The molecule has 438 valence electrons. The van der Waals surface area contributed by atoms with Crippen LogP contribution in [0.5, 0.6) is 0 Å². The molecule has 0 radical (unpaired) electrons. The average molecular weight is 1160 g/mol. The largest absolute Gasteiger partial charge is 1.00 e. The molecule has 2 aliphatic rings. The van der Waals surface area contributed by atoms with Crippen molar-refractivity contribution in [3.8, 4) is 0 Å². The fourth-order valence-electron chi connectivity index (χ4n) is 7.16. The number of methoxy groups -OCH3 is 1. The number of ether oxygens (including phenoxy) is 4. The summed E-state index contributed by atoms with van der Waals surface area (Å²) in [7, 11) is -8.17. The van der Waals surface area contributed by atoms with Crippen molar-refractivity contribution in [3.05, 3.63) is 68.2 Å². The maximum atomic E-state index is 12.6. The maximum absolute atomic E-state index is 12.6. The van der Waals surface area contributed by atoms with Crippen molar-refractivity contribution in [1.29, 1.82) is 0 Å². The maximum Gasteiger partial charge on any atom is 1.00 e. The summed E-state index contributed by atoms with van der Waals surface area (Å²) in [5.74, 6) is 2.62. The van der Waals surface area contributed by atoms with Gasteiger partial charge in [0, 0.05) is 45.8 Å². The SMILES string of the molecule is C.CC(C)CCCCCP(=O)([O-])CO[C@H](CO)Cn1ccc(N)nc1=O.CC(C)CCCCCP1(=O)CO[C@@H](Cn2ccc(N)nc2=O)CO1.COCCCCC(C)C.Nc1ccn(C[C@H]2COP(=O)(O)CO2)c(=O)n1.[Na+]. The van der Waals surface area contributed by atoms with Gasteiger partial charge >= 0.3 is 54.2 Å². The van der Waals surface area contributed by atoms with Crippen LogP contribution in [0.15, 0.2) is 51.2 Å². The molecule has 0 spiro atoms. The summed E-state index contributed by atoms with van der Waals surface area (Å²) in [5.41, 5.74) is 14.7. The van der Waals surface area contributed by atoms with Gasteiger partial charge in [0.15, 0.2) is 0 Å². The van der Waals surface area contributed by atoms with Gasteiger partial charge in [-0.05, 0) is 61.4 Å². The van der Waals surface area contributed by atoms with E-state index in [1.165, 1.54) is 63.9 Å². The van der Waals surface area contributed by atoms with Crippen molar-refractivity contribution in [2.24, 2.45) is 17.8 Å². The molecule has 0 aromatic carbocycles. The monoisotopic (exact) mass is 1160 g/mol. The third-order valence-corrected chi connectivity index (χ3v) is 16.2. The molecule has 3 unspecified atom stereocenters. The number of aliphatic hydroxyl groups excluding tert-OH is 1. The van der Waals surface area contributed by atoms with Gasteiger partial charge in [-0.1, -0.05) is 100 Å². The summed E-state index contributed by atoms with van der Waals surface area (Å²) >= 11 is 0. The first kappa shape index (κ1) is 74.4. The Labute approximate surface area is 477 Å². The molecular formula is C49H91N9NaO15P3. The van der Waals surface area contributed by atoms with E-state index in [0.29, 0.717) is 31.0 Å². The standard InChI is InChI=1S/C16H30N3O5P.C16H28N3O4P.C8H12N3O5P.C8H18O.CH4.Na/c1-13(2)6-4-3-5-9-25(22,23)12-24-14(11-20)10-19-8-7-15(17)18-16(19)21;1-13(2)6-4-3-5-9-24(21)12-22-14(11-23-24)10-19-8-7-15(17)18-16(19)20;9-7-1-2-11(8(12)10-7)3-6-4-16-17(13,14)5-15-6;1-8(2)6-4-5-7-9-3;;/h7-8,13-14,20H,3-6,9-12H2,1-2H3,(H,22,23)(H2,17,18,21);7-8,13-14H,3-6,9-12H2,1-2H3,(H2,17,18,20);1-2,6H,3-5H2,(H,13,14)(H2,9,10,12);8H,4-7H2,1-3H3;1H4;/q;;;;;+1/p-1/t14-;14-,24?;6-;;;/m000.../s1. The summed E-state index contributed by atoms with van der Waals surface area (Å²) in [4.78, 5) is 66.7. The van der Waals surface area contributed by atoms with Crippen molar-refractivity contribution < 1.29 is 86.1 Å². The van der Waals surface area contributed by atoms with Crippen LogP contribution in [0.4, 0.5) is 17.5 Å². The van der Waals surface area contributed by atoms with Crippen LogP contribution < -0.4 is 68.7 Å². The van der Waals surface area contributed by atoms with Gasteiger partial charge in [-0.25, -0.2) is 14.4 Å². The molecule has 0 bridgehead atoms. The number of unbranched alkanes of at least 4 members (excludes halogenated alkanes) is 5. The Morgan fingerprint density at radius 1 is 0.714 bits per heavy atom. The predicted molar refractivity (Wildman–Crippen MR) is 296 cm³/mol. The molecule has 8 N–H and O–H groups in total. The molecule has 0 aliphatic carbocycles. The molecule has 2 fully saturated rings. The van der Waals surface area contributed by atoms with Crippen LogP contribution >= 0.6 is 22.3 Å². The Kier molecular flexibility index (Phi) is 38.4. The molecule has 28 heteroatoms. The van der Waals surface area contributed by atoms with Crippen molar-refractivity contribution in [1.82, 2.24) is 28.7 Å². The minimum atomic E-state index is -3.65. The number of nitrogens with zero attached hydrogens (tertiary/aromatic N) is 6. The number of anilines is 3. The molecule has 77 heavy (non-hydrogen) atoms. The van der Waals surface area contributed by atoms with E-state index in [2.05, 4.69) is 56.5 Å². The van der Waals surface area contributed by atoms with Gasteiger partial charge in [-0.3, -0.25) is 22.8 Å². The zero-order valence-corrected chi connectivity index (χ0v) is 50.8. The number of hydrogen-bond acceptors (Lipinski definition) is 20. The van der Waals surface area contributed by atoms with Gasteiger partial charge in [-0.2, -0.15) is 15.0 Å². The Bertz CT molecular complexity index is 2390. The van der Waals surface area contributed by atoms with Crippen LogP contribution in [0.25, 0.3) is 0 Å².